The predicted octanol–water partition coefficient (Wildman–Crippen LogP) is 24.9. The zero-order valence-corrected chi connectivity index (χ0v) is 90.5. The van der Waals surface area contributed by atoms with Crippen molar-refractivity contribution in [2.75, 3.05) is 101 Å². The number of nitrogens with zero attached hydrogens (tertiary/aromatic N) is 26. The number of aromatic nitrogens is 26. The van der Waals surface area contributed by atoms with Crippen molar-refractivity contribution >= 4 is 176 Å². The number of halogens is 6. The summed E-state index contributed by atoms with van der Waals surface area (Å²) < 4.78 is 0.827. The summed E-state index contributed by atoms with van der Waals surface area (Å²) in [5.74, 6) is 5.49. The number of H-pyrrole nitrogens is 6. The predicted molar refractivity (Wildman–Crippen MR) is 600 cm³/mol. The van der Waals surface area contributed by atoms with Gasteiger partial charge in [-0.15, -0.1) is 0 Å². The normalized spacial score (nSPS) is 18.6. The third-order valence-corrected chi connectivity index (χ3v) is 34.9. The Morgan fingerprint density at radius 3 is 1.07 bits per heavy atom. The van der Waals surface area contributed by atoms with Crippen LogP contribution in [0.4, 0.5) is 34.9 Å². The fraction of sp³-hybridized carbons (Fsp3) is 0.418. The van der Waals surface area contributed by atoms with Crippen LogP contribution in [0, 0.1) is 21.7 Å². The number of hydrogen-bond acceptors (Lipinski definition) is 27. The molecule has 8 aliphatic heterocycles. The van der Waals surface area contributed by atoms with Gasteiger partial charge in [0, 0.05) is 139 Å². The second-order valence-corrected chi connectivity index (χ2v) is 45.1. The quantitative estimate of drug-likeness (QED) is 0.0501. The molecule has 7 N–H and O–H groups in total. The van der Waals surface area contributed by atoms with E-state index in [9.17, 15) is 0 Å². The van der Waals surface area contributed by atoms with Crippen molar-refractivity contribution in [2.24, 2.45) is 21.7 Å². The summed E-state index contributed by atoms with van der Waals surface area (Å²) in [5, 5.41) is 51.4. The SMILES string of the molecule is CC1(C)CCN(c2cnc3c(-c4ccc(Cl)cc4)[nH]nc3n2)CC1.CCC1(C)CCN(c2cnc3c(-c4cccc(Cl)c4Br)[nH]nc3n2)CC1.CCC1(C)CCN(c2cnc3c(-c4ccncc4)[nH]nc3n2)CC1.CCC1(C)CCN(c2cnc3c(-c4ncccc4Cl)[nH]nc3n2)CC1.Clc1ccccc1-c1[nH]nc2nc(N3C4CCCC3CC4)cnc12.Clc1ccccc1-c1[nH]nc2nc(N3CCC4(CCCN4)CC3)cnc12. The highest BCUT2D eigenvalue weighted by atomic mass is 79.9. The molecule has 14 aromatic heterocycles. The summed E-state index contributed by atoms with van der Waals surface area (Å²) >= 11 is 34.6. The smallest absolute Gasteiger partial charge is 0.202 e. The van der Waals surface area contributed by atoms with Crippen LogP contribution in [0.3, 0.4) is 0 Å². The molecule has 0 radical (unpaired) electrons. The highest BCUT2D eigenvalue weighted by Gasteiger charge is 2.41. The van der Waals surface area contributed by atoms with E-state index in [2.05, 4.69) is 207 Å². The van der Waals surface area contributed by atoms with E-state index < -0.39 is 0 Å². The molecular formula is C110H123BrCl5N33. The summed E-state index contributed by atoms with van der Waals surface area (Å²) in [5.41, 5.74) is 20.9. The van der Waals surface area contributed by atoms with E-state index in [-0.39, 0.29) is 0 Å². The van der Waals surface area contributed by atoms with Gasteiger partial charge in [0.2, 0.25) is 33.9 Å². The lowest BCUT2D eigenvalue weighted by atomic mass is 9.78. The van der Waals surface area contributed by atoms with Gasteiger partial charge < -0.3 is 34.7 Å². The summed E-state index contributed by atoms with van der Waals surface area (Å²) in [6.45, 7) is 29.9. The van der Waals surface area contributed by atoms with Gasteiger partial charge in [0.1, 0.15) is 79.4 Å². The molecule has 26 rings (SSSR count). The zero-order chi connectivity index (χ0) is 103. The van der Waals surface area contributed by atoms with E-state index in [1.165, 1.54) is 116 Å². The van der Waals surface area contributed by atoms with Crippen LogP contribution in [0.2, 0.25) is 25.1 Å². The molecule has 2 bridgehead atoms. The van der Waals surface area contributed by atoms with Crippen LogP contribution in [0.1, 0.15) is 184 Å². The van der Waals surface area contributed by atoms with Gasteiger partial charge in [-0.3, -0.25) is 40.6 Å². The fourth-order valence-electron chi connectivity index (χ4n) is 21.6. The summed E-state index contributed by atoms with van der Waals surface area (Å²) in [6.07, 6.45) is 40.9. The number of rotatable bonds is 15. The van der Waals surface area contributed by atoms with Crippen molar-refractivity contribution in [1.29, 1.82) is 0 Å². The average Bonchev–Trinajstić information content (AvgIpc) is 1.62. The topological polar surface area (TPSA) is 384 Å². The molecular weight excluding hydrogens is 2040 g/mol. The van der Waals surface area contributed by atoms with Crippen molar-refractivity contribution in [1.82, 2.24) is 136 Å². The minimum atomic E-state index is 0.359. The van der Waals surface area contributed by atoms with Crippen molar-refractivity contribution < 1.29 is 0 Å². The first-order valence-corrected chi connectivity index (χ1v) is 54.8. The maximum Gasteiger partial charge on any atom is 0.202 e. The Morgan fingerprint density at radius 2 is 0.664 bits per heavy atom. The maximum atomic E-state index is 6.32. The molecule has 0 saturated carbocycles. The van der Waals surface area contributed by atoms with E-state index in [0.29, 0.717) is 115 Å². The van der Waals surface area contributed by atoms with Gasteiger partial charge in [0.15, 0.2) is 0 Å². The van der Waals surface area contributed by atoms with Gasteiger partial charge in [-0.05, 0) is 208 Å². The van der Waals surface area contributed by atoms with Crippen LogP contribution in [-0.2, 0) is 0 Å². The van der Waals surface area contributed by atoms with Crippen LogP contribution >= 0.6 is 73.9 Å². The Kier molecular flexibility index (Phi) is 30.1. The maximum absolute atomic E-state index is 6.32. The standard InChI is InChI=1S/C19H21BrClN5.C19H21ClN6.C18H21ClN6.C18H18ClN5.C18H20ClN5.C18H22N6/c1-3-19(2)7-9-26(10-8-19)14-11-22-17-16(24-25-18(17)23-14)12-5-4-6-13(21)15(12)20;20-14-5-2-1-4-13(14)16-17-18(25-24-16)23-15(12-21-17)26-10-7-19(8-11-26)6-3-9-22-19;1-3-18(2)6-9-25(10-7-18)13-11-21-16-15(23-24-17(16)22-13)14-12(19)5-4-8-20-14;19-14-7-2-1-6-13(14)16-17-18(23-22-16)21-15(10-20-17)24-11-4-3-5-12(24)9-8-11;1-18(2)7-9-24(10-8-18)14-11-20-16-15(22-23-17(16)21-14)12-3-5-13(19)6-4-12;1-3-18(2)6-10-24(11-7-18)14-12-20-16-15(22-23-17(16)21-14)13-4-8-19-9-5-13/h4-6,11H,3,7-10H2,1-2H3,(H,23,24,25);1-2,4-5,12,22H,3,6-11H2,(H,23,24,25);4-5,8,11H,3,6-7,9-10H2,1-2H3,(H,22,23,24);1-2,6-7,10-12H,3-5,8-9H2,(H,21,22,23);3-6,11H,7-10H2,1-2H3,(H,21,22,23);4-5,8-9,12H,3,6-7,10-11H2,1-2H3,(H,21,22,23). The summed E-state index contributed by atoms with van der Waals surface area (Å²) in [7, 11) is 0. The van der Waals surface area contributed by atoms with Crippen molar-refractivity contribution in [3.05, 3.63) is 201 Å². The van der Waals surface area contributed by atoms with E-state index in [1.54, 1.807) is 30.7 Å². The molecule has 2 unspecified atom stereocenters. The summed E-state index contributed by atoms with van der Waals surface area (Å²) in [6, 6.07) is 37.5. The van der Waals surface area contributed by atoms with E-state index in [0.717, 1.165) is 208 Å². The van der Waals surface area contributed by atoms with Crippen LogP contribution in [-0.4, -0.2) is 221 Å². The van der Waals surface area contributed by atoms with Gasteiger partial charge >= 0.3 is 0 Å². The largest absolute Gasteiger partial charge is 0.355 e. The Hall–Kier alpha value is -12.8. The average molecular weight is 2160 g/mol. The first-order valence-electron chi connectivity index (χ1n) is 52.1. The molecule has 39 heteroatoms. The molecule has 18 aromatic rings. The molecule has 0 amide bonds. The van der Waals surface area contributed by atoms with Crippen LogP contribution in [0.5, 0.6) is 0 Å². The molecule has 8 saturated heterocycles. The molecule has 149 heavy (non-hydrogen) atoms. The van der Waals surface area contributed by atoms with Crippen molar-refractivity contribution in [2.45, 2.75) is 201 Å². The highest BCUT2D eigenvalue weighted by molar-refractivity contribution is 9.10. The fourth-order valence-corrected chi connectivity index (χ4v) is 23.1. The van der Waals surface area contributed by atoms with E-state index >= 15 is 0 Å². The molecule has 4 aromatic carbocycles. The van der Waals surface area contributed by atoms with Gasteiger partial charge in [-0.1, -0.05) is 193 Å². The minimum absolute atomic E-state index is 0.359. The highest BCUT2D eigenvalue weighted by Crippen LogP contribution is 2.46. The second kappa shape index (κ2) is 44.0. The number of fused-ring (bicyclic) bond motifs is 8. The molecule has 8 fully saturated rings. The lowest BCUT2D eigenvalue weighted by molar-refractivity contribution is 0.237. The number of nitrogens with one attached hydrogen (secondary N) is 7. The summed E-state index contributed by atoms with van der Waals surface area (Å²) in [4.78, 5) is 78.6. The Labute approximate surface area is 898 Å². The Balaban J connectivity index is 0.000000105. The first-order chi connectivity index (χ1) is 72.3. The van der Waals surface area contributed by atoms with Gasteiger partial charge in [0.05, 0.1) is 85.7 Å². The van der Waals surface area contributed by atoms with Gasteiger partial charge in [0.25, 0.3) is 0 Å². The monoisotopic (exact) mass is 2160 g/mol. The van der Waals surface area contributed by atoms with E-state index in [4.69, 9.17) is 87.9 Å². The molecule has 770 valence electrons. The van der Waals surface area contributed by atoms with E-state index in [1.807, 2.05) is 140 Å². The van der Waals surface area contributed by atoms with Crippen LogP contribution in [0.15, 0.2) is 176 Å². The minimum Gasteiger partial charge on any atom is -0.355 e. The number of pyridine rings is 2. The van der Waals surface area contributed by atoms with Crippen molar-refractivity contribution in [3.8, 4) is 67.7 Å². The zero-order valence-electron chi connectivity index (χ0n) is 85.1. The lowest BCUT2D eigenvalue weighted by Crippen LogP contribution is -2.50. The van der Waals surface area contributed by atoms with Gasteiger partial charge in [-0.2, -0.15) is 30.6 Å². The molecule has 22 heterocycles. The molecule has 0 aliphatic carbocycles. The molecule has 2 atom stereocenters. The van der Waals surface area contributed by atoms with Crippen LogP contribution in [0.25, 0.3) is 135 Å². The third kappa shape index (κ3) is 22.1. The first kappa shape index (κ1) is 102. The van der Waals surface area contributed by atoms with Gasteiger partial charge in [-0.25, -0.2) is 59.8 Å². The third-order valence-electron chi connectivity index (χ3n) is 32.3. The number of benzene rings is 4. The Bertz CT molecular complexity index is 7690. The van der Waals surface area contributed by atoms with Crippen molar-refractivity contribution in [3.63, 3.8) is 0 Å². The molecule has 1 spiro atoms. The molecule has 8 aliphatic rings. The second-order valence-electron chi connectivity index (χ2n) is 42.3. The number of aromatic amines is 6. The number of hydrogen-bond donors (Lipinski definition) is 7. The van der Waals surface area contributed by atoms with Crippen LogP contribution < -0.4 is 34.7 Å². The Morgan fingerprint density at radius 1 is 0.322 bits per heavy atom. The lowest BCUT2D eigenvalue weighted by Gasteiger charge is -2.39. The number of anilines is 6. The molecule has 33 nitrogen and oxygen atoms in total. The number of piperidine rings is 6.